The minimum atomic E-state index is -3.21. The molecule has 0 radical (unpaired) electrons. The van der Waals surface area contributed by atoms with Gasteiger partial charge in [-0.25, -0.2) is 23.5 Å². The number of hydrogen-bond acceptors (Lipinski definition) is 5. The van der Waals surface area contributed by atoms with E-state index in [0.717, 1.165) is 22.3 Å². The largest absolute Gasteiger partial charge is 0.477 e. The molecule has 0 spiro atoms. The third kappa shape index (κ3) is 3.11. The molecular weight excluding hydrogens is 326 g/mol. The number of fused-ring (bicyclic) bond motifs is 1. The number of ether oxygens (including phenoxy) is 1. The topological polar surface area (TPSA) is 72.3 Å². The second-order valence-corrected chi connectivity index (χ2v) is 5.71. The molecule has 0 unspecified atom stereocenters. The zero-order valence-electron chi connectivity index (χ0n) is 11.8. The summed E-state index contributed by atoms with van der Waals surface area (Å²) in [6, 6.07) is 6.92. The summed E-state index contributed by atoms with van der Waals surface area (Å²) < 4.78 is 33.6. The zero-order valence-corrected chi connectivity index (χ0v) is 12.6. The molecule has 2 aromatic heterocycles. The maximum atomic E-state index is 13.7. The van der Waals surface area contributed by atoms with Gasteiger partial charge in [0.05, 0.1) is 21.3 Å². The number of carboxylic acid groups (broad SMARTS) is 1. The Morgan fingerprint density at radius 2 is 2.09 bits per heavy atom. The summed E-state index contributed by atoms with van der Waals surface area (Å²) in [5, 5.41) is 8.97. The molecule has 5 nitrogen and oxygen atoms in total. The number of hydrogen-bond donors (Lipinski definition) is 1. The first kappa shape index (κ1) is 15.3. The van der Waals surface area contributed by atoms with Gasteiger partial charge < -0.3 is 9.84 Å². The molecule has 2 heterocycles. The van der Waals surface area contributed by atoms with Crippen LogP contribution in [0.25, 0.3) is 10.2 Å². The fraction of sp³-hybridized carbons (Fsp3) is 0.133. The van der Waals surface area contributed by atoms with Crippen LogP contribution in [0.5, 0.6) is 11.6 Å². The van der Waals surface area contributed by atoms with E-state index in [1.807, 2.05) is 0 Å². The van der Waals surface area contributed by atoms with Gasteiger partial charge in [0.25, 0.3) is 5.92 Å². The molecule has 0 amide bonds. The molecule has 1 N–H and O–H groups in total. The lowest BCUT2D eigenvalue weighted by molar-refractivity contribution is 0.0148. The fourth-order valence-electron chi connectivity index (χ4n) is 1.98. The number of benzene rings is 1. The molecule has 0 aliphatic carbocycles. The van der Waals surface area contributed by atoms with Crippen LogP contribution in [-0.2, 0) is 5.92 Å². The zero-order chi connectivity index (χ0) is 16.6. The van der Waals surface area contributed by atoms with E-state index in [9.17, 15) is 13.6 Å². The van der Waals surface area contributed by atoms with Crippen LogP contribution in [0.15, 0.2) is 35.8 Å². The molecule has 23 heavy (non-hydrogen) atoms. The van der Waals surface area contributed by atoms with Gasteiger partial charge in [-0.15, -0.1) is 11.3 Å². The third-order valence-corrected chi connectivity index (χ3v) is 3.86. The molecule has 3 rings (SSSR count). The second kappa shape index (κ2) is 5.54. The van der Waals surface area contributed by atoms with Crippen molar-refractivity contribution >= 4 is 27.5 Å². The summed E-state index contributed by atoms with van der Waals surface area (Å²) in [7, 11) is 0. The van der Waals surface area contributed by atoms with Crippen molar-refractivity contribution in [2.75, 3.05) is 0 Å². The predicted molar refractivity (Wildman–Crippen MR) is 80.5 cm³/mol. The summed E-state index contributed by atoms with van der Waals surface area (Å²) in [5.74, 6) is -4.68. The van der Waals surface area contributed by atoms with Crippen molar-refractivity contribution in [2.24, 2.45) is 0 Å². The van der Waals surface area contributed by atoms with Crippen LogP contribution >= 0.6 is 11.3 Å². The summed E-state index contributed by atoms with van der Waals surface area (Å²) in [6.45, 7) is 0.698. The van der Waals surface area contributed by atoms with Crippen LogP contribution in [0.1, 0.15) is 23.0 Å². The molecule has 118 valence electrons. The highest BCUT2D eigenvalue weighted by Gasteiger charge is 2.30. The molecule has 0 saturated carbocycles. The SMILES string of the molecule is CC(F)(F)c1ccc(C(=O)O)nc1Oc1ccc2ncsc2c1. The van der Waals surface area contributed by atoms with E-state index in [1.165, 1.54) is 11.3 Å². The Balaban J connectivity index is 2.05. The highest BCUT2D eigenvalue weighted by atomic mass is 32.1. The predicted octanol–water partition coefficient (Wildman–Crippen LogP) is 4.29. The molecule has 8 heteroatoms. The molecular formula is C15H10F2N2O3S. The average molecular weight is 336 g/mol. The fourth-order valence-corrected chi connectivity index (χ4v) is 2.69. The lowest BCUT2D eigenvalue weighted by atomic mass is 10.1. The number of pyridine rings is 1. The Kier molecular flexibility index (Phi) is 3.69. The number of aromatic nitrogens is 2. The van der Waals surface area contributed by atoms with Gasteiger partial charge in [-0.1, -0.05) is 0 Å². The quantitative estimate of drug-likeness (QED) is 0.769. The average Bonchev–Trinajstić information content (AvgIpc) is 2.93. The number of nitrogens with zero attached hydrogens (tertiary/aromatic N) is 2. The van der Waals surface area contributed by atoms with E-state index in [-0.39, 0.29) is 11.4 Å². The van der Waals surface area contributed by atoms with E-state index in [2.05, 4.69) is 9.97 Å². The highest BCUT2D eigenvalue weighted by Crippen LogP contribution is 2.36. The molecule has 0 atom stereocenters. The molecule has 0 fully saturated rings. The van der Waals surface area contributed by atoms with Gasteiger partial charge in [0.15, 0.2) is 5.69 Å². The van der Waals surface area contributed by atoms with Crippen molar-refractivity contribution in [3.63, 3.8) is 0 Å². The number of alkyl halides is 2. The minimum absolute atomic E-state index is 0.280. The highest BCUT2D eigenvalue weighted by molar-refractivity contribution is 7.16. The Morgan fingerprint density at radius 3 is 2.78 bits per heavy atom. The van der Waals surface area contributed by atoms with E-state index < -0.39 is 23.3 Å². The van der Waals surface area contributed by atoms with Gasteiger partial charge in [0, 0.05) is 13.0 Å². The van der Waals surface area contributed by atoms with Crippen molar-refractivity contribution in [1.82, 2.24) is 9.97 Å². The number of carboxylic acids is 1. The first-order chi connectivity index (χ1) is 10.8. The Labute approximate surface area is 133 Å². The Hall–Kier alpha value is -2.61. The Bertz CT molecular complexity index is 890. The minimum Gasteiger partial charge on any atom is -0.477 e. The molecule has 3 aromatic rings. The summed E-state index contributed by atoms with van der Waals surface area (Å²) >= 11 is 1.38. The number of halogens is 2. The van der Waals surface area contributed by atoms with Gasteiger partial charge in [-0.3, -0.25) is 0 Å². The van der Waals surface area contributed by atoms with Crippen LogP contribution < -0.4 is 4.74 Å². The second-order valence-electron chi connectivity index (χ2n) is 4.83. The van der Waals surface area contributed by atoms with Crippen molar-refractivity contribution in [3.8, 4) is 11.6 Å². The van der Waals surface area contributed by atoms with Crippen molar-refractivity contribution in [3.05, 3.63) is 47.1 Å². The monoisotopic (exact) mass is 336 g/mol. The number of rotatable bonds is 4. The first-order valence-corrected chi connectivity index (χ1v) is 7.36. The smallest absolute Gasteiger partial charge is 0.354 e. The molecule has 0 aliphatic heterocycles. The van der Waals surface area contributed by atoms with Crippen LogP contribution in [-0.4, -0.2) is 21.0 Å². The van der Waals surface area contributed by atoms with Gasteiger partial charge in [-0.05, 0) is 24.3 Å². The lowest BCUT2D eigenvalue weighted by Gasteiger charge is -2.15. The van der Waals surface area contributed by atoms with E-state index >= 15 is 0 Å². The number of carbonyl (C=O) groups is 1. The molecule has 1 aromatic carbocycles. The third-order valence-electron chi connectivity index (χ3n) is 3.07. The summed E-state index contributed by atoms with van der Waals surface area (Å²) in [5.41, 5.74) is 1.57. The summed E-state index contributed by atoms with van der Waals surface area (Å²) in [4.78, 5) is 18.8. The normalized spacial score (nSPS) is 11.6. The molecule has 0 saturated heterocycles. The molecule has 0 aliphatic rings. The van der Waals surface area contributed by atoms with Crippen molar-refractivity contribution in [1.29, 1.82) is 0 Å². The van der Waals surface area contributed by atoms with Crippen LogP contribution in [0.3, 0.4) is 0 Å². The van der Waals surface area contributed by atoms with Gasteiger partial charge in [-0.2, -0.15) is 0 Å². The first-order valence-electron chi connectivity index (χ1n) is 6.48. The maximum absolute atomic E-state index is 13.7. The lowest BCUT2D eigenvalue weighted by Crippen LogP contribution is -2.12. The van der Waals surface area contributed by atoms with Gasteiger partial charge >= 0.3 is 5.97 Å². The maximum Gasteiger partial charge on any atom is 0.354 e. The number of aromatic carboxylic acids is 1. The van der Waals surface area contributed by atoms with Crippen LogP contribution in [0, 0.1) is 0 Å². The van der Waals surface area contributed by atoms with Crippen molar-refractivity contribution < 1.29 is 23.4 Å². The van der Waals surface area contributed by atoms with Crippen molar-refractivity contribution in [2.45, 2.75) is 12.8 Å². The summed E-state index contributed by atoms with van der Waals surface area (Å²) in [6.07, 6.45) is 0. The standard InChI is InChI=1S/C15H10F2N2O3S/c1-15(16,17)9-3-5-11(14(20)21)19-13(9)22-8-2-4-10-12(6-8)23-7-18-10/h2-7H,1H3,(H,20,21). The van der Waals surface area contributed by atoms with Gasteiger partial charge in [0.1, 0.15) is 5.75 Å². The Morgan fingerprint density at radius 1 is 1.30 bits per heavy atom. The van der Waals surface area contributed by atoms with Crippen LogP contribution in [0.4, 0.5) is 8.78 Å². The van der Waals surface area contributed by atoms with E-state index in [4.69, 9.17) is 9.84 Å². The molecule has 0 bridgehead atoms. The van der Waals surface area contributed by atoms with Crippen LogP contribution in [0.2, 0.25) is 0 Å². The number of thiazole rings is 1. The van der Waals surface area contributed by atoms with E-state index in [1.54, 1.807) is 23.7 Å². The van der Waals surface area contributed by atoms with E-state index in [0.29, 0.717) is 6.92 Å². The van der Waals surface area contributed by atoms with Gasteiger partial charge in [0.2, 0.25) is 5.88 Å².